The Bertz CT molecular complexity index is 767. The summed E-state index contributed by atoms with van der Waals surface area (Å²) in [5.41, 5.74) is 9.56. The molecule has 0 bridgehead atoms. The van der Waals surface area contributed by atoms with E-state index in [0.717, 1.165) is 48.8 Å². The lowest BCUT2D eigenvalue weighted by Crippen LogP contribution is -2.17. The molecule has 0 heterocycles. The zero-order chi connectivity index (χ0) is 20.4. The number of nitrogen functional groups attached to an aromatic ring is 1. The van der Waals surface area contributed by atoms with E-state index in [1.165, 1.54) is 48.6 Å². The molecule has 2 aromatic rings. The van der Waals surface area contributed by atoms with Crippen molar-refractivity contribution in [1.82, 2.24) is 0 Å². The molecule has 0 fully saturated rings. The summed E-state index contributed by atoms with van der Waals surface area (Å²) in [7, 11) is 0. The van der Waals surface area contributed by atoms with Gasteiger partial charge in [0, 0.05) is 0 Å². The van der Waals surface area contributed by atoms with Gasteiger partial charge in [-0.05, 0) is 54.0 Å². The molecule has 0 spiro atoms. The number of hydrogen-bond acceptors (Lipinski definition) is 2. The Morgan fingerprint density at radius 3 is 2.04 bits per heavy atom. The fraction of sp³-hybridized carbons (Fsp3) is 0.560. The number of nitrogens with two attached hydrogens (primary N) is 1. The topological polar surface area (TPSA) is 59.1 Å². The lowest BCUT2D eigenvalue weighted by atomic mass is 9.88. The average molecular weight is 383 g/mol. The third kappa shape index (κ3) is 5.50. The fourth-order valence-electron chi connectivity index (χ4n) is 3.92. The molecule has 3 nitrogen and oxygen atoms in total. The number of benzene rings is 2. The van der Waals surface area contributed by atoms with Crippen molar-refractivity contribution in [2.45, 2.75) is 85.0 Å². The number of rotatable bonds is 13. The Balaban J connectivity index is 2.58. The van der Waals surface area contributed by atoms with Crippen LogP contribution in [0, 0.1) is 5.41 Å². The second kappa shape index (κ2) is 11.7. The van der Waals surface area contributed by atoms with Gasteiger partial charge >= 0.3 is 0 Å². The van der Waals surface area contributed by atoms with Crippen LogP contribution < -0.4 is 10.5 Å². The van der Waals surface area contributed by atoms with Gasteiger partial charge in [0.05, 0.1) is 12.2 Å². The minimum absolute atomic E-state index is 0.111. The van der Waals surface area contributed by atoms with Gasteiger partial charge in [-0.1, -0.05) is 77.1 Å². The normalized spacial score (nSPS) is 11.1. The molecular weight excluding hydrogens is 344 g/mol. The maximum absolute atomic E-state index is 8.28. The van der Waals surface area contributed by atoms with E-state index < -0.39 is 0 Å². The van der Waals surface area contributed by atoms with E-state index in [1.54, 1.807) is 0 Å². The summed E-state index contributed by atoms with van der Waals surface area (Å²) in [6, 6.07) is 8.41. The van der Waals surface area contributed by atoms with Crippen molar-refractivity contribution in [2.75, 3.05) is 6.61 Å². The lowest BCUT2D eigenvalue weighted by molar-refractivity contribution is 0.301. The van der Waals surface area contributed by atoms with Crippen LogP contribution >= 0.6 is 0 Å². The monoisotopic (exact) mass is 382 g/mol. The molecule has 0 unspecified atom stereocenters. The quantitative estimate of drug-likeness (QED) is 0.228. The van der Waals surface area contributed by atoms with E-state index in [4.69, 9.17) is 15.9 Å². The summed E-state index contributed by atoms with van der Waals surface area (Å²) in [5.74, 6) is 0.988. The average Bonchev–Trinajstić information content (AvgIpc) is 2.70. The molecule has 2 rings (SSSR count). The molecule has 0 saturated carbocycles. The summed E-state index contributed by atoms with van der Waals surface area (Å²) in [5, 5.41) is 10.6. The summed E-state index contributed by atoms with van der Waals surface area (Å²) < 4.78 is 6.38. The van der Waals surface area contributed by atoms with Crippen molar-refractivity contribution in [1.29, 1.82) is 5.41 Å². The largest absolute Gasteiger partial charge is 0.493 e. The summed E-state index contributed by atoms with van der Waals surface area (Å²) in [6.07, 6.45) is 11.4. The van der Waals surface area contributed by atoms with Crippen LogP contribution in [0.3, 0.4) is 0 Å². The first kappa shape index (κ1) is 22.3. The van der Waals surface area contributed by atoms with Crippen molar-refractivity contribution in [3.63, 3.8) is 0 Å². The number of fused-ring (bicyclic) bond motifs is 1. The maximum atomic E-state index is 8.28. The molecule has 0 radical (unpaired) electrons. The number of unbranched alkanes of at least 4 members (excludes halogenated alkanes) is 5. The maximum Gasteiger partial charge on any atom is 0.134 e. The zero-order valence-electron chi connectivity index (χ0n) is 18.1. The van der Waals surface area contributed by atoms with Gasteiger partial charge in [-0.3, -0.25) is 5.41 Å². The first-order valence-electron chi connectivity index (χ1n) is 11.2. The Kier molecular flexibility index (Phi) is 9.33. The van der Waals surface area contributed by atoms with Gasteiger partial charge in [-0.25, -0.2) is 0 Å². The van der Waals surface area contributed by atoms with Crippen LogP contribution in [0.25, 0.3) is 10.8 Å². The van der Waals surface area contributed by atoms with E-state index in [2.05, 4.69) is 39.0 Å². The smallest absolute Gasteiger partial charge is 0.134 e. The van der Waals surface area contributed by atoms with Crippen molar-refractivity contribution in [3.05, 3.63) is 41.0 Å². The number of ether oxygens (including phenoxy) is 1. The first-order valence-corrected chi connectivity index (χ1v) is 11.2. The number of hydrogen-bond donors (Lipinski definition) is 2. The SMILES string of the molecule is CCCCCCOc1c(CCCC)c(CCCC)c2ccccc2c1C(=N)N. The fourth-order valence-corrected chi connectivity index (χ4v) is 3.92. The molecule has 3 N–H and O–H groups in total. The lowest BCUT2D eigenvalue weighted by Gasteiger charge is -2.22. The van der Waals surface area contributed by atoms with Crippen molar-refractivity contribution >= 4 is 16.6 Å². The third-order valence-corrected chi connectivity index (χ3v) is 5.46. The highest BCUT2D eigenvalue weighted by atomic mass is 16.5. The Morgan fingerprint density at radius 2 is 1.43 bits per heavy atom. The summed E-state index contributed by atoms with van der Waals surface area (Å²) in [6.45, 7) is 7.39. The molecule has 0 aromatic heterocycles. The van der Waals surface area contributed by atoms with Crippen LogP contribution in [0.1, 0.15) is 88.8 Å². The Labute approximate surface area is 171 Å². The van der Waals surface area contributed by atoms with Gasteiger partial charge < -0.3 is 10.5 Å². The van der Waals surface area contributed by atoms with Gasteiger partial charge in [0.1, 0.15) is 11.6 Å². The van der Waals surface area contributed by atoms with E-state index in [0.29, 0.717) is 6.61 Å². The zero-order valence-corrected chi connectivity index (χ0v) is 18.1. The molecular formula is C25H38N2O. The number of nitrogens with one attached hydrogen (secondary N) is 1. The van der Waals surface area contributed by atoms with Crippen molar-refractivity contribution < 1.29 is 4.74 Å². The van der Waals surface area contributed by atoms with Crippen LogP contribution in [0.15, 0.2) is 24.3 Å². The molecule has 0 amide bonds. The minimum atomic E-state index is 0.111. The van der Waals surface area contributed by atoms with Crippen LogP contribution in [0.4, 0.5) is 0 Å². The summed E-state index contributed by atoms with van der Waals surface area (Å²) in [4.78, 5) is 0. The number of aryl methyl sites for hydroxylation is 1. The van der Waals surface area contributed by atoms with Crippen LogP contribution in [-0.4, -0.2) is 12.4 Å². The molecule has 0 aliphatic rings. The first-order chi connectivity index (χ1) is 13.7. The standard InChI is InChI=1S/C25H38N2O/c1-4-7-10-13-18-28-24-22(15-9-6-3)20(14-8-5-2)19-16-11-12-17-21(19)23(24)25(26)27/h11-12,16-17H,4-10,13-15,18H2,1-3H3,(H3,26,27). The molecule has 3 heteroatoms. The predicted molar refractivity (Wildman–Crippen MR) is 122 cm³/mol. The minimum Gasteiger partial charge on any atom is -0.493 e. The molecule has 0 saturated heterocycles. The molecule has 28 heavy (non-hydrogen) atoms. The van der Waals surface area contributed by atoms with Gasteiger partial charge in [0.15, 0.2) is 0 Å². The third-order valence-electron chi connectivity index (χ3n) is 5.46. The van der Waals surface area contributed by atoms with Crippen LogP contribution in [-0.2, 0) is 12.8 Å². The van der Waals surface area contributed by atoms with Crippen LogP contribution in [0.5, 0.6) is 5.75 Å². The second-order valence-corrected chi connectivity index (χ2v) is 7.74. The van der Waals surface area contributed by atoms with Crippen LogP contribution in [0.2, 0.25) is 0 Å². The molecule has 0 aliphatic carbocycles. The van der Waals surface area contributed by atoms with Gasteiger partial charge in [0.2, 0.25) is 0 Å². The van der Waals surface area contributed by atoms with E-state index in [9.17, 15) is 0 Å². The Morgan fingerprint density at radius 1 is 0.821 bits per heavy atom. The molecule has 154 valence electrons. The number of amidine groups is 1. The highest BCUT2D eigenvalue weighted by Gasteiger charge is 2.21. The van der Waals surface area contributed by atoms with E-state index in [1.807, 2.05) is 6.07 Å². The molecule has 0 atom stereocenters. The van der Waals surface area contributed by atoms with E-state index >= 15 is 0 Å². The summed E-state index contributed by atoms with van der Waals surface area (Å²) >= 11 is 0. The second-order valence-electron chi connectivity index (χ2n) is 7.74. The van der Waals surface area contributed by atoms with Crippen molar-refractivity contribution in [2.24, 2.45) is 5.73 Å². The van der Waals surface area contributed by atoms with Gasteiger partial charge in [0.25, 0.3) is 0 Å². The Hall–Kier alpha value is -2.03. The highest BCUT2D eigenvalue weighted by Crippen LogP contribution is 2.38. The van der Waals surface area contributed by atoms with Gasteiger partial charge in [-0.15, -0.1) is 0 Å². The molecule has 0 aliphatic heterocycles. The highest BCUT2D eigenvalue weighted by molar-refractivity contribution is 6.11. The van der Waals surface area contributed by atoms with Gasteiger partial charge in [-0.2, -0.15) is 0 Å². The molecule has 2 aromatic carbocycles. The van der Waals surface area contributed by atoms with E-state index in [-0.39, 0.29) is 5.84 Å². The van der Waals surface area contributed by atoms with Crippen molar-refractivity contribution in [3.8, 4) is 5.75 Å². The predicted octanol–water partition coefficient (Wildman–Crippen LogP) is 6.77.